The van der Waals surface area contributed by atoms with Gasteiger partial charge in [0.1, 0.15) is 5.01 Å². The molecule has 2 atom stereocenters. The van der Waals surface area contributed by atoms with E-state index in [0.29, 0.717) is 11.6 Å². The normalized spacial score (nSPS) is 25.1. The number of aliphatic carboxylic acids is 1. The van der Waals surface area contributed by atoms with Gasteiger partial charge in [0, 0.05) is 24.5 Å². The lowest BCUT2D eigenvalue weighted by Crippen LogP contribution is -2.30. The zero-order chi connectivity index (χ0) is 11.7. The predicted octanol–water partition coefficient (Wildman–Crippen LogP) is 1.14. The van der Waals surface area contributed by atoms with Crippen LogP contribution in [0.15, 0.2) is 11.6 Å². The molecule has 0 aromatic carbocycles. The van der Waals surface area contributed by atoms with E-state index in [2.05, 4.69) is 4.98 Å². The van der Waals surface area contributed by atoms with Gasteiger partial charge < -0.3 is 10.0 Å². The SMILES string of the molecule is CCN1C(=O)CC(C(=O)O)C1c1nccs1. The van der Waals surface area contributed by atoms with E-state index < -0.39 is 17.9 Å². The summed E-state index contributed by atoms with van der Waals surface area (Å²) in [6.45, 7) is 2.37. The predicted molar refractivity (Wildman–Crippen MR) is 58.0 cm³/mol. The van der Waals surface area contributed by atoms with Crippen molar-refractivity contribution in [1.29, 1.82) is 0 Å². The van der Waals surface area contributed by atoms with Crippen LogP contribution in [0.3, 0.4) is 0 Å². The molecule has 1 aromatic heterocycles. The largest absolute Gasteiger partial charge is 0.481 e. The number of carboxylic acid groups (broad SMARTS) is 1. The highest BCUT2D eigenvalue weighted by Gasteiger charge is 2.45. The number of carbonyl (C=O) groups excluding carboxylic acids is 1. The Bertz CT molecular complexity index is 404. The van der Waals surface area contributed by atoms with Crippen LogP contribution in [0.25, 0.3) is 0 Å². The number of carboxylic acids is 1. The van der Waals surface area contributed by atoms with E-state index >= 15 is 0 Å². The zero-order valence-corrected chi connectivity index (χ0v) is 9.61. The van der Waals surface area contributed by atoms with Crippen LogP contribution < -0.4 is 0 Å². The van der Waals surface area contributed by atoms with E-state index in [4.69, 9.17) is 5.11 Å². The molecule has 1 aliphatic heterocycles. The number of hydrogen-bond acceptors (Lipinski definition) is 4. The monoisotopic (exact) mass is 240 g/mol. The van der Waals surface area contributed by atoms with Crippen molar-refractivity contribution in [1.82, 2.24) is 9.88 Å². The lowest BCUT2D eigenvalue weighted by molar-refractivity contribution is -0.142. The topological polar surface area (TPSA) is 70.5 Å². The molecule has 2 rings (SSSR count). The number of thiazole rings is 1. The molecule has 1 fully saturated rings. The zero-order valence-electron chi connectivity index (χ0n) is 8.79. The van der Waals surface area contributed by atoms with Gasteiger partial charge in [-0.05, 0) is 6.92 Å². The van der Waals surface area contributed by atoms with Crippen LogP contribution in [0.1, 0.15) is 24.4 Å². The Balaban J connectivity index is 2.36. The van der Waals surface area contributed by atoms with Crippen molar-refractivity contribution in [3.8, 4) is 0 Å². The fourth-order valence-electron chi connectivity index (χ4n) is 2.07. The molecule has 5 nitrogen and oxygen atoms in total. The third-order valence-electron chi connectivity index (χ3n) is 2.79. The number of nitrogens with zero attached hydrogens (tertiary/aromatic N) is 2. The Labute approximate surface area is 96.7 Å². The second kappa shape index (κ2) is 4.21. The van der Waals surface area contributed by atoms with E-state index in [1.54, 1.807) is 16.5 Å². The molecule has 1 aromatic rings. The first-order valence-corrected chi connectivity index (χ1v) is 5.94. The maximum absolute atomic E-state index is 11.7. The summed E-state index contributed by atoms with van der Waals surface area (Å²) in [6.07, 6.45) is 1.71. The van der Waals surface area contributed by atoms with Crippen LogP contribution in [-0.4, -0.2) is 33.4 Å². The molecule has 2 heterocycles. The summed E-state index contributed by atoms with van der Waals surface area (Å²) >= 11 is 1.39. The van der Waals surface area contributed by atoms with Crippen LogP contribution in [-0.2, 0) is 9.59 Å². The Morgan fingerprint density at radius 1 is 1.75 bits per heavy atom. The minimum absolute atomic E-state index is 0.0768. The van der Waals surface area contributed by atoms with Gasteiger partial charge in [-0.1, -0.05) is 0 Å². The molecule has 6 heteroatoms. The molecule has 16 heavy (non-hydrogen) atoms. The molecule has 0 aliphatic carbocycles. The first-order chi connectivity index (χ1) is 7.65. The number of amides is 1. The van der Waals surface area contributed by atoms with Gasteiger partial charge in [0.25, 0.3) is 0 Å². The highest BCUT2D eigenvalue weighted by Crippen LogP contribution is 2.38. The molecule has 86 valence electrons. The van der Waals surface area contributed by atoms with E-state index in [-0.39, 0.29) is 12.3 Å². The molecule has 0 spiro atoms. The Morgan fingerprint density at radius 3 is 3.00 bits per heavy atom. The molecular weight excluding hydrogens is 228 g/mol. The third kappa shape index (κ3) is 1.69. The number of aromatic nitrogens is 1. The Hall–Kier alpha value is -1.43. The molecule has 1 amide bonds. The van der Waals surface area contributed by atoms with Crippen molar-refractivity contribution < 1.29 is 14.7 Å². The van der Waals surface area contributed by atoms with Crippen molar-refractivity contribution >= 4 is 23.2 Å². The number of likely N-dealkylation sites (tertiary alicyclic amines) is 1. The van der Waals surface area contributed by atoms with E-state index in [9.17, 15) is 9.59 Å². The summed E-state index contributed by atoms with van der Waals surface area (Å²) in [7, 11) is 0. The van der Waals surface area contributed by atoms with E-state index in [1.807, 2.05) is 6.92 Å². The van der Waals surface area contributed by atoms with Gasteiger partial charge in [-0.15, -0.1) is 11.3 Å². The second-order valence-corrected chi connectivity index (χ2v) is 4.57. The van der Waals surface area contributed by atoms with Crippen LogP contribution >= 0.6 is 11.3 Å². The quantitative estimate of drug-likeness (QED) is 0.860. The van der Waals surface area contributed by atoms with Crippen molar-refractivity contribution in [2.75, 3.05) is 6.54 Å². The molecular formula is C10H12N2O3S. The van der Waals surface area contributed by atoms with Gasteiger partial charge >= 0.3 is 5.97 Å². The maximum Gasteiger partial charge on any atom is 0.309 e. The Kier molecular flexibility index (Phi) is 2.91. The summed E-state index contributed by atoms with van der Waals surface area (Å²) < 4.78 is 0. The summed E-state index contributed by atoms with van der Waals surface area (Å²) in [6, 6.07) is -0.394. The molecule has 0 saturated carbocycles. The summed E-state index contributed by atoms with van der Waals surface area (Å²) in [5.74, 6) is -1.70. The molecule has 1 saturated heterocycles. The maximum atomic E-state index is 11.7. The summed E-state index contributed by atoms with van der Waals surface area (Å²) in [5, 5.41) is 11.6. The summed E-state index contributed by atoms with van der Waals surface area (Å²) in [5.41, 5.74) is 0. The van der Waals surface area contributed by atoms with Gasteiger partial charge in [0.2, 0.25) is 5.91 Å². The molecule has 2 unspecified atom stereocenters. The minimum atomic E-state index is -0.926. The second-order valence-electron chi connectivity index (χ2n) is 3.64. The fourth-order valence-corrected chi connectivity index (χ4v) is 2.88. The van der Waals surface area contributed by atoms with Crippen LogP contribution in [0.2, 0.25) is 0 Å². The first kappa shape index (κ1) is 11.1. The lowest BCUT2D eigenvalue weighted by atomic mass is 10.0. The summed E-state index contributed by atoms with van der Waals surface area (Å²) in [4.78, 5) is 28.5. The van der Waals surface area contributed by atoms with Crippen LogP contribution in [0.4, 0.5) is 0 Å². The average Bonchev–Trinajstić information content (AvgIpc) is 2.83. The molecule has 1 N–H and O–H groups in total. The van der Waals surface area contributed by atoms with Gasteiger partial charge in [-0.3, -0.25) is 9.59 Å². The number of hydrogen-bond donors (Lipinski definition) is 1. The van der Waals surface area contributed by atoms with E-state index in [1.165, 1.54) is 11.3 Å². The van der Waals surface area contributed by atoms with Crippen LogP contribution in [0.5, 0.6) is 0 Å². The van der Waals surface area contributed by atoms with Crippen LogP contribution in [0, 0.1) is 5.92 Å². The number of rotatable bonds is 3. The lowest BCUT2D eigenvalue weighted by Gasteiger charge is -2.23. The van der Waals surface area contributed by atoms with Crippen molar-refractivity contribution in [3.05, 3.63) is 16.6 Å². The molecule has 0 bridgehead atoms. The molecule has 1 aliphatic rings. The highest BCUT2D eigenvalue weighted by atomic mass is 32.1. The molecule has 0 radical (unpaired) electrons. The van der Waals surface area contributed by atoms with Crippen molar-refractivity contribution in [2.45, 2.75) is 19.4 Å². The van der Waals surface area contributed by atoms with Crippen molar-refractivity contribution in [2.24, 2.45) is 5.92 Å². The average molecular weight is 240 g/mol. The van der Waals surface area contributed by atoms with Crippen molar-refractivity contribution in [3.63, 3.8) is 0 Å². The highest BCUT2D eigenvalue weighted by molar-refractivity contribution is 7.09. The standard InChI is InChI=1S/C10H12N2O3S/c1-2-12-7(13)5-6(10(14)15)8(12)9-11-3-4-16-9/h3-4,6,8H,2,5H2,1H3,(H,14,15). The Morgan fingerprint density at radius 2 is 2.50 bits per heavy atom. The van der Waals surface area contributed by atoms with Gasteiger partial charge in [-0.2, -0.15) is 0 Å². The third-order valence-corrected chi connectivity index (χ3v) is 3.64. The number of carbonyl (C=O) groups is 2. The van der Waals surface area contributed by atoms with Gasteiger partial charge in [0.15, 0.2) is 0 Å². The minimum Gasteiger partial charge on any atom is -0.481 e. The smallest absolute Gasteiger partial charge is 0.309 e. The van der Waals surface area contributed by atoms with E-state index in [0.717, 1.165) is 0 Å². The first-order valence-electron chi connectivity index (χ1n) is 5.06. The fraction of sp³-hybridized carbons (Fsp3) is 0.500. The van der Waals surface area contributed by atoms with Gasteiger partial charge in [-0.25, -0.2) is 4.98 Å². The van der Waals surface area contributed by atoms with Gasteiger partial charge in [0.05, 0.1) is 12.0 Å².